The summed E-state index contributed by atoms with van der Waals surface area (Å²) in [6.45, 7) is 1.43. The average Bonchev–Trinajstić information content (AvgIpc) is 1.39. The van der Waals surface area contributed by atoms with E-state index in [1.807, 2.05) is 0 Å². The van der Waals surface area contributed by atoms with Crippen LogP contribution in [0.3, 0.4) is 0 Å². The fourth-order valence-electron chi connectivity index (χ4n) is 0. The summed E-state index contributed by atoms with van der Waals surface area (Å²) in [5.41, 5.74) is 0. The first-order chi connectivity index (χ1) is 2.83. The molecule has 0 saturated carbocycles. The first-order valence-electron chi connectivity index (χ1n) is 0.952. The van der Waals surface area contributed by atoms with Gasteiger partial charge >= 0.3 is 39.6 Å². The van der Waals surface area contributed by atoms with Gasteiger partial charge in [0.2, 0.25) is 0 Å². The standard InChI is InChI=1S/C2H3N.2BrH.Cu/c1-2-3;;;/h1H3;2*1H;/q;;;+2/p-2. The fourth-order valence-corrected chi connectivity index (χ4v) is 0. The Hall–Kier alpha value is 0.969. The van der Waals surface area contributed by atoms with Gasteiger partial charge < -0.3 is 0 Å². The van der Waals surface area contributed by atoms with Gasteiger partial charge in [0.05, 0.1) is 6.07 Å². The van der Waals surface area contributed by atoms with Crippen LogP contribution in [0.5, 0.6) is 0 Å². The Labute approximate surface area is 57.6 Å². The molecule has 0 saturated heterocycles. The molecule has 41 valence electrons. The summed E-state index contributed by atoms with van der Waals surface area (Å²) < 4.78 is 0. The third kappa shape index (κ3) is 83.3. The van der Waals surface area contributed by atoms with Gasteiger partial charge in [0.1, 0.15) is 0 Å². The van der Waals surface area contributed by atoms with Gasteiger partial charge in [-0.25, -0.2) is 0 Å². The van der Waals surface area contributed by atoms with Crippen LogP contribution in [0, 0.1) is 11.3 Å². The van der Waals surface area contributed by atoms with Crippen molar-refractivity contribution in [2.45, 2.75) is 6.92 Å². The summed E-state index contributed by atoms with van der Waals surface area (Å²) in [7, 11) is 0. The molecule has 0 radical (unpaired) electrons. The molecule has 0 aromatic heterocycles. The van der Waals surface area contributed by atoms with E-state index in [1.165, 1.54) is 18.3 Å². The Balaban J connectivity index is 0. The van der Waals surface area contributed by atoms with Gasteiger partial charge in [0.15, 0.2) is 0 Å². The number of hydrogen-bond acceptors (Lipinski definition) is 1. The van der Waals surface area contributed by atoms with Crippen molar-refractivity contribution < 1.29 is 11.3 Å². The second-order valence-electron chi connectivity index (χ2n) is 0.267. The summed E-state index contributed by atoms with van der Waals surface area (Å²) in [6, 6.07) is 1.75. The van der Waals surface area contributed by atoms with Crippen LogP contribution in [-0.2, 0) is 11.3 Å². The van der Waals surface area contributed by atoms with Gasteiger partial charge in [-0.15, -0.1) is 0 Å². The third-order valence-corrected chi connectivity index (χ3v) is 0. The van der Waals surface area contributed by atoms with Crippen molar-refractivity contribution in [3.63, 3.8) is 0 Å². The van der Waals surface area contributed by atoms with Crippen LogP contribution >= 0.6 is 28.2 Å². The molecule has 0 N–H and O–H groups in total. The van der Waals surface area contributed by atoms with Crippen LogP contribution in [0.4, 0.5) is 0 Å². The molecule has 0 spiro atoms. The van der Waals surface area contributed by atoms with Crippen LogP contribution in [0.1, 0.15) is 6.92 Å². The maximum atomic E-state index is 7.32. The Morgan fingerprint density at radius 3 is 1.67 bits per heavy atom. The summed E-state index contributed by atoms with van der Waals surface area (Å²) in [6.07, 6.45) is 0. The normalized spacial score (nSPS) is 5.00. The van der Waals surface area contributed by atoms with Crippen molar-refractivity contribution in [3.8, 4) is 6.07 Å². The average molecular weight is 264 g/mol. The summed E-state index contributed by atoms with van der Waals surface area (Å²) in [5.74, 6) is 0. The molecule has 0 aliphatic rings. The van der Waals surface area contributed by atoms with E-state index in [9.17, 15) is 0 Å². The molecule has 0 atom stereocenters. The zero-order chi connectivity index (χ0) is 5.41. The Morgan fingerprint density at radius 2 is 1.67 bits per heavy atom. The van der Waals surface area contributed by atoms with E-state index in [2.05, 4.69) is 28.2 Å². The van der Waals surface area contributed by atoms with Crippen molar-refractivity contribution in [2.75, 3.05) is 0 Å². The van der Waals surface area contributed by atoms with Crippen molar-refractivity contribution in [3.05, 3.63) is 0 Å². The monoisotopic (exact) mass is 262 g/mol. The molecule has 0 aliphatic carbocycles. The molecule has 0 amide bonds. The Bertz CT molecular complexity index is 41.3. The van der Waals surface area contributed by atoms with Crippen LogP contribution in [0.15, 0.2) is 0 Å². The molecule has 6 heavy (non-hydrogen) atoms. The number of nitrogens with zero attached hydrogens (tertiary/aromatic N) is 1. The quantitative estimate of drug-likeness (QED) is 0.615. The number of nitriles is 1. The maximum absolute atomic E-state index is 7.32. The molecule has 4 heteroatoms. The first-order valence-corrected chi connectivity index (χ1v) is 5.61. The van der Waals surface area contributed by atoms with Gasteiger partial charge in [-0.1, -0.05) is 0 Å². The van der Waals surface area contributed by atoms with Crippen molar-refractivity contribution in [2.24, 2.45) is 0 Å². The molecular weight excluding hydrogens is 261 g/mol. The molecule has 0 rings (SSSR count). The molecule has 0 heterocycles. The molecular formula is C2H3Br2CuN. The molecule has 0 unspecified atom stereocenters. The van der Waals surface area contributed by atoms with Crippen molar-refractivity contribution in [1.29, 1.82) is 5.26 Å². The second kappa shape index (κ2) is 16.7. The predicted octanol–water partition coefficient (Wildman–Crippen LogP) is 2.22. The van der Waals surface area contributed by atoms with Gasteiger partial charge in [-0.2, -0.15) is 5.26 Å². The molecule has 0 aliphatic heterocycles. The van der Waals surface area contributed by atoms with E-state index < -0.39 is 0 Å². The first kappa shape index (κ1) is 10.1. The zero-order valence-corrected chi connectivity index (χ0v) is 7.12. The van der Waals surface area contributed by atoms with Gasteiger partial charge in [0.25, 0.3) is 0 Å². The summed E-state index contributed by atoms with van der Waals surface area (Å²) in [4.78, 5) is 0. The number of halogens is 2. The number of hydrogen-bond donors (Lipinski definition) is 0. The second-order valence-corrected chi connectivity index (χ2v) is 5.02. The van der Waals surface area contributed by atoms with Gasteiger partial charge in [-0.3, -0.25) is 0 Å². The minimum atomic E-state index is 1.43. The van der Waals surface area contributed by atoms with Gasteiger partial charge in [-0.05, 0) is 0 Å². The van der Waals surface area contributed by atoms with Crippen molar-refractivity contribution in [1.82, 2.24) is 0 Å². The topological polar surface area (TPSA) is 23.8 Å². The Kier molecular flexibility index (Phi) is 28.0. The molecule has 1 nitrogen and oxygen atoms in total. The predicted molar refractivity (Wildman–Crippen MR) is 29.1 cm³/mol. The van der Waals surface area contributed by atoms with Crippen LogP contribution in [0.2, 0.25) is 0 Å². The molecule has 0 aromatic carbocycles. The molecule has 0 aromatic rings. The minimum absolute atomic E-state index is 1.43. The van der Waals surface area contributed by atoms with Crippen LogP contribution in [0.25, 0.3) is 0 Å². The fraction of sp³-hybridized carbons (Fsp3) is 0.500. The van der Waals surface area contributed by atoms with E-state index in [4.69, 9.17) is 5.26 Å². The van der Waals surface area contributed by atoms with Crippen LogP contribution < -0.4 is 0 Å². The van der Waals surface area contributed by atoms with Crippen molar-refractivity contribution >= 4 is 28.2 Å². The molecule has 0 bridgehead atoms. The van der Waals surface area contributed by atoms with Gasteiger partial charge in [0, 0.05) is 6.92 Å². The summed E-state index contributed by atoms with van der Waals surface area (Å²) in [5, 5.41) is 7.32. The van der Waals surface area contributed by atoms with E-state index in [1.54, 1.807) is 6.07 Å². The van der Waals surface area contributed by atoms with Crippen LogP contribution in [-0.4, -0.2) is 0 Å². The Morgan fingerprint density at radius 1 is 1.67 bits per heavy atom. The van der Waals surface area contributed by atoms with E-state index in [0.29, 0.717) is 0 Å². The zero-order valence-electron chi connectivity index (χ0n) is 3.00. The van der Waals surface area contributed by atoms with E-state index in [0.717, 1.165) is 0 Å². The number of rotatable bonds is 0. The third-order valence-electron chi connectivity index (χ3n) is 0. The summed E-state index contributed by atoms with van der Waals surface area (Å²) >= 11 is 7.38. The van der Waals surface area contributed by atoms with E-state index in [-0.39, 0.29) is 0 Å². The molecule has 0 fully saturated rings. The SMILES string of the molecule is CC#N.[Br][Cu][Br]. The van der Waals surface area contributed by atoms with E-state index >= 15 is 0 Å².